The number of rotatable bonds is 6. The number of nitrogens with zero attached hydrogens (tertiary/aromatic N) is 4. The molecule has 4 heterocycles. The van der Waals surface area contributed by atoms with Crippen molar-refractivity contribution in [3.63, 3.8) is 0 Å². The largest absolute Gasteiger partial charge is 0.324 e. The summed E-state index contributed by atoms with van der Waals surface area (Å²) in [5.74, 6) is -0.746. The third-order valence-electron chi connectivity index (χ3n) is 6.13. The summed E-state index contributed by atoms with van der Waals surface area (Å²) in [5, 5.41) is 13.4. The van der Waals surface area contributed by atoms with Crippen LogP contribution < -0.4 is 10.6 Å². The molecule has 0 unspecified atom stereocenters. The highest BCUT2D eigenvalue weighted by molar-refractivity contribution is 6.11. The van der Waals surface area contributed by atoms with Crippen LogP contribution in [0.4, 0.5) is 15.8 Å². The number of benzene rings is 1. The summed E-state index contributed by atoms with van der Waals surface area (Å²) in [6.07, 6.45) is 9.37. The summed E-state index contributed by atoms with van der Waals surface area (Å²) < 4.78 is 14.0. The minimum absolute atomic E-state index is 0.0105. The third kappa shape index (κ3) is 4.64. The van der Waals surface area contributed by atoms with Gasteiger partial charge in [0.05, 0.1) is 40.5 Å². The number of H-pyrrole nitrogens is 1. The Kier molecular flexibility index (Phi) is 5.61. The van der Waals surface area contributed by atoms with Gasteiger partial charge in [0.15, 0.2) is 5.69 Å². The summed E-state index contributed by atoms with van der Waals surface area (Å²) in [5.41, 5.74) is 4.27. The van der Waals surface area contributed by atoms with Crippen molar-refractivity contribution in [2.24, 2.45) is 5.92 Å². The molecule has 1 aromatic carbocycles. The van der Waals surface area contributed by atoms with E-state index >= 15 is 0 Å². The standard InChI is InChI=1S/C27H20FN7O2/c28-22-7-8-29-14-21(22)23-6-4-18(13-31-23)32-27(37)25-20-10-16(3-5-24(20)34-35-25)17-9-19(12-30-11-17)33-26(36)15-1-2-15/h3-15H,1-2H2,(H,32,37)(H,33,36)(H,34,35). The van der Waals surface area contributed by atoms with Crippen LogP contribution in [0, 0.1) is 11.7 Å². The van der Waals surface area contributed by atoms with Crippen LogP contribution in [0.2, 0.25) is 0 Å². The summed E-state index contributed by atoms with van der Waals surface area (Å²) in [7, 11) is 0. The van der Waals surface area contributed by atoms with Gasteiger partial charge in [-0.2, -0.15) is 5.10 Å². The fraction of sp³-hybridized carbons (Fsp3) is 0.111. The van der Waals surface area contributed by atoms with E-state index in [4.69, 9.17) is 0 Å². The molecule has 10 heteroatoms. The van der Waals surface area contributed by atoms with Crippen LogP contribution in [0.15, 0.2) is 73.4 Å². The van der Waals surface area contributed by atoms with Gasteiger partial charge < -0.3 is 10.6 Å². The van der Waals surface area contributed by atoms with Gasteiger partial charge in [-0.1, -0.05) is 6.07 Å². The molecule has 6 rings (SSSR count). The van der Waals surface area contributed by atoms with Gasteiger partial charge in [0.25, 0.3) is 5.91 Å². The second kappa shape index (κ2) is 9.23. The number of carbonyl (C=O) groups excluding carboxylic acids is 2. The fourth-order valence-corrected chi connectivity index (χ4v) is 4.01. The molecule has 0 aliphatic heterocycles. The van der Waals surface area contributed by atoms with Gasteiger partial charge in [0.1, 0.15) is 5.82 Å². The number of hydrogen-bond donors (Lipinski definition) is 3. The zero-order chi connectivity index (χ0) is 25.4. The number of pyridine rings is 3. The molecule has 1 aliphatic carbocycles. The van der Waals surface area contributed by atoms with Gasteiger partial charge in [-0.25, -0.2) is 4.39 Å². The fourth-order valence-electron chi connectivity index (χ4n) is 4.01. The van der Waals surface area contributed by atoms with E-state index in [0.717, 1.165) is 24.0 Å². The molecular weight excluding hydrogens is 473 g/mol. The maximum atomic E-state index is 14.0. The van der Waals surface area contributed by atoms with Gasteiger partial charge in [-0.3, -0.25) is 29.6 Å². The van der Waals surface area contributed by atoms with Crippen molar-refractivity contribution >= 4 is 34.1 Å². The van der Waals surface area contributed by atoms with Crippen LogP contribution in [0.3, 0.4) is 0 Å². The summed E-state index contributed by atoms with van der Waals surface area (Å²) in [4.78, 5) is 37.6. The lowest BCUT2D eigenvalue weighted by atomic mass is 10.0. The second-order valence-corrected chi connectivity index (χ2v) is 8.80. The lowest BCUT2D eigenvalue weighted by Gasteiger charge is -2.08. The number of hydrogen-bond acceptors (Lipinski definition) is 6. The van der Waals surface area contributed by atoms with Crippen LogP contribution in [-0.2, 0) is 4.79 Å². The van der Waals surface area contributed by atoms with E-state index in [2.05, 4.69) is 35.8 Å². The quantitative estimate of drug-likeness (QED) is 0.311. The molecule has 182 valence electrons. The molecule has 1 aliphatic rings. The predicted molar refractivity (Wildman–Crippen MR) is 136 cm³/mol. The van der Waals surface area contributed by atoms with Crippen molar-refractivity contribution in [1.82, 2.24) is 25.1 Å². The minimum atomic E-state index is -0.427. The number of fused-ring (bicyclic) bond motifs is 1. The Morgan fingerprint density at radius 3 is 2.57 bits per heavy atom. The van der Waals surface area contributed by atoms with E-state index in [1.165, 1.54) is 24.7 Å². The smallest absolute Gasteiger partial charge is 0.276 e. The lowest BCUT2D eigenvalue weighted by molar-refractivity contribution is -0.117. The number of aromatic nitrogens is 5. The van der Waals surface area contributed by atoms with Crippen LogP contribution in [0.1, 0.15) is 23.3 Å². The molecule has 0 atom stereocenters. The van der Waals surface area contributed by atoms with E-state index in [0.29, 0.717) is 28.0 Å². The molecule has 9 nitrogen and oxygen atoms in total. The molecular formula is C27H20FN7O2. The van der Waals surface area contributed by atoms with Crippen molar-refractivity contribution in [3.8, 4) is 22.4 Å². The molecule has 0 radical (unpaired) electrons. The summed E-state index contributed by atoms with van der Waals surface area (Å²) in [6, 6.07) is 11.9. The first-order chi connectivity index (χ1) is 18.0. The first-order valence-electron chi connectivity index (χ1n) is 11.7. The van der Waals surface area contributed by atoms with Gasteiger partial charge in [-0.05, 0) is 54.8 Å². The molecule has 1 saturated carbocycles. The number of halogens is 1. The number of amides is 2. The Morgan fingerprint density at radius 1 is 0.892 bits per heavy atom. The van der Waals surface area contributed by atoms with E-state index in [-0.39, 0.29) is 23.1 Å². The minimum Gasteiger partial charge on any atom is -0.324 e. The predicted octanol–water partition coefficient (Wildman–Crippen LogP) is 4.82. The average molecular weight is 494 g/mol. The van der Waals surface area contributed by atoms with Crippen molar-refractivity contribution in [3.05, 3.63) is 85.0 Å². The number of anilines is 2. The van der Waals surface area contributed by atoms with Crippen molar-refractivity contribution in [2.45, 2.75) is 12.8 Å². The highest BCUT2D eigenvalue weighted by Crippen LogP contribution is 2.31. The molecule has 0 spiro atoms. The van der Waals surface area contributed by atoms with E-state index < -0.39 is 11.7 Å². The van der Waals surface area contributed by atoms with Crippen LogP contribution in [0.25, 0.3) is 33.3 Å². The highest BCUT2D eigenvalue weighted by atomic mass is 19.1. The SMILES string of the molecule is O=C(Nc1ccc(-c2cnccc2F)nc1)c1n[nH]c2ccc(-c3cncc(NC(=O)C4CC4)c3)cc12. The lowest BCUT2D eigenvalue weighted by Crippen LogP contribution is -2.13. The van der Waals surface area contributed by atoms with Crippen molar-refractivity contribution in [2.75, 3.05) is 10.6 Å². The Morgan fingerprint density at radius 2 is 1.78 bits per heavy atom. The van der Waals surface area contributed by atoms with E-state index in [1.54, 1.807) is 24.5 Å². The number of nitrogens with one attached hydrogen (secondary N) is 3. The third-order valence-corrected chi connectivity index (χ3v) is 6.13. The zero-order valence-corrected chi connectivity index (χ0v) is 19.4. The maximum Gasteiger partial charge on any atom is 0.276 e. The Bertz CT molecular complexity index is 1640. The van der Waals surface area contributed by atoms with Crippen LogP contribution in [0.5, 0.6) is 0 Å². The molecule has 0 saturated heterocycles. The highest BCUT2D eigenvalue weighted by Gasteiger charge is 2.29. The van der Waals surface area contributed by atoms with Gasteiger partial charge in [0, 0.05) is 35.5 Å². The van der Waals surface area contributed by atoms with Crippen LogP contribution >= 0.6 is 0 Å². The Hall–Kier alpha value is -4.99. The van der Waals surface area contributed by atoms with Gasteiger partial charge in [-0.15, -0.1) is 0 Å². The monoisotopic (exact) mass is 493 g/mol. The Balaban J connectivity index is 1.23. The van der Waals surface area contributed by atoms with Gasteiger partial charge in [0.2, 0.25) is 5.91 Å². The molecule has 5 aromatic rings. The molecule has 1 fully saturated rings. The average Bonchev–Trinajstić information content (AvgIpc) is 3.69. The molecule has 3 N–H and O–H groups in total. The molecule has 37 heavy (non-hydrogen) atoms. The van der Waals surface area contributed by atoms with Crippen LogP contribution in [-0.4, -0.2) is 37.0 Å². The second-order valence-electron chi connectivity index (χ2n) is 8.80. The number of aromatic amines is 1. The topological polar surface area (TPSA) is 126 Å². The maximum absolute atomic E-state index is 14.0. The molecule has 4 aromatic heterocycles. The first kappa shape index (κ1) is 22.5. The Labute approximate surface area is 210 Å². The first-order valence-corrected chi connectivity index (χ1v) is 11.7. The summed E-state index contributed by atoms with van der Waals surface area (Å²) in [6.45, 7) is 0. The number of carbonyl (C=O) groups is 2. The van der Waals surface area contributed by atoms with Crippen molar-refractivity contribution in [1.29, 1.82) is 0 Å². The van der Waals surface area contributed by atoms with Crippen molar-refractivity contribution < 1.29 is 14.0 Å². The molecule has 2 amide bonds. The normalized spacial score (nSPS) is 12.9. The molecule has 0 bridgehead atoms. The zero-order valence-electron chi connectivity index (χ0n) is 19.4. The van der Waals surface area contributed by atoms with E-state index in [1.807, 2.05) is 24.3 Å². The summed E-state index contributed by atoms with van der Waals surface area (Å²) >= 11 is 0. The van der Waals surface area contributed by atoms with E-state index in [9.17, 15) is 14.0 Å². The van der Waals surface area contributed by atoms with Gasteiger partial charge >= 0.3 is 0 Å².